The number of fused-ring (bicyclic) bond motifs is 2. The van der Waals surface area contributed by atoms with E-state index in [1.165, 1.54) is 6.08 Å². The van der Waals surface area contributed by atoms with Crippen molar-refractivity contribution in [3.05, 3.63) is 69.8 Å². The van der Waals surface area contributed by atoms with E-state index in [4.69, 9.17) is 25.8 Å². The highest BCUT2D eigenvalue weighted by Gasteiger charge is 2.19. The van der Waals surface area contributed by atoms with Crippen molar-refractivity contribution in [2.75, 3.05) is 13.4 Å². The zero-order chi connectivity index (χ0) is 18.1. The summed E-state index contributed by atoms with van der Waals surface area (Å²) >= 11 is 6.01. The minimum Gasteiger partial charge on any atom is -0.488 e. The van der Waals surface area contributed by atoms with Gasteiger partial charge in [-0.05, 0) is 54.1 Å². The van der Waals surface area contributed by atoms with Gasteiger partial charge < -0.3 is 14.2 Å². The second-order valence-corrected chi connectivity index (χ2v) is 6.19. The minimum atomic E-state index is -0.386. The van der Waals surface area contributed by atoms with Crippen molar-refractivity contribution in [3.8, 4) is 23.3 Å². The third kappa shape index (κ3) is 3.03. The summed E-state index contributed by atoms with van der Waals surface area (Å²) in [5.41, 5.74) is 1.90. The first-order chi connectivity index (χ1) is 12.6. The van der Waals surface area contributed by atoms with Gasteiger partial charge in [-0.3, -0.25) is 4.79 Å². The van der Waals surface area contributed by atoms with Crippen molar-refractivity contribution in [2.45, 2.75) is 0 Å². The second kappa shape index (κ2) is 6.58. The fourth-order valence-electron chi connectivity index (χ4n) is 2.78. The maximum atomic E-state index is 12.7. The highest BCUT2D eigenvalue weighted by atomic mass is 35.5. The lowest BCUT2D eigenvalue weighted by Gasteiger charge is -2.16. The van der Waals surface area contributed by atoms with Crippen LogP contribution in [0, 0.1) is 11.3 Å². The molecule has 0 saturated carbocycles. The van der Waals surface area contributed by atoms with Gasteiger partial charge in [0, 0.05) is 16.1 Å². The van der Waals surface area contributed by atoms with Crippen LogP contribution in [0.2, 0.25) is 5.02 Å². The van der Waals surface area contributed by atoms with E-state index in [-0.39, 0.29) is 24.8 Å². The molecule has 4 rings (SSSR count). The molecule has 0 bridgehead atoms. The van der Waals surface area contributed by atoms with Crippen LogP contribution >= 0.6 is 11.6 Å². The summed E-state index contributed by atoms with van der Waals surface area (Å²) in [5, 5.41) is 10.0. The van der Waals surface area contributed by atoms with Crippen molar-refractivity contribution in [2.24, 2.45) is 0 Å². The van der Waals surface area contributed by atoms with Crippen molar-refractivity contribution in [1.82, 2.24) is 0 Å². The Balaban J connectivity index is 1.65. The number of nitriles is 1. The summed E-state index contributed by atoms with van der Waals surface area (Å²) in [7, 11) is 0. The van der Waals surface area contributed by atoms with E-state index < -0.39 is 0 Å². The van der Waals surface area contributed by atoms with Crippen LogP contribution in [-0.4, -0.2) is 19.2 Å². The standard InChI is InChI=1S/C20H12ClNO4/c21-16-2-4-17-14(7-16)5-12(10-24-17)6-15(9-22)20(23)13-1-3-18-19(8-13)26-11-25-18/h1-8H,10-11H2. The number of ether oxygens (including phenoxy) is 3. The van der Waals surface area contributed by atoms with E-state index in [2.05, 4.69) is 0 Å². The average molecular weight is 366 g/mol. The average Bonchev–Trinajstić information content (AvgIpc) is 3.13. The Morgan fingerprint density at radius 1 is 1.08 bits per heavy atom. The van der Waals surface area contributed by atoms with Crippen LogP contribution in [0.1, 0.15) is 15.9 Å². The number of Topliss-reactive ketones (excluding diaryl/α,β-unsaturated/α-hetero) is 1. The molecule has 0 aromatic heterocycles. The van der Waals surface area contributed by atoms with Crippen LogP contribution < -0.4 is 14.2 Å². The number of halogens is 1. The third-order valence-electron chi connectivity index (χ3n) is 4.04. The predicted octanol–water partition coefficient (Wildman–Crippen LogP) is 4.18. The van der Waals surface area contributed by atoms with Gasteiger partial charge in [-0.1, -0.05) is 11.6 Å². The van der Waals surface area contributed by atoms with Crippen LogP contribution in [0.3, 0.4) is 0 Å². The van der Waals surface area contributed by atoms with E-state index in [1.807, 2.05) is 12.1 Å². The molecule has 0 amide bonds. The zero-order valence-electron chi connectivity index (χ0n) is 13.5. The Morgan fingerprint density at radius 3 is 2.73 bits per heavy atom. The molecule has 0 unspecified atom stereocenters. The molecule has 2 heterocycles. The quantitative estimate of drug-likeness (QED) is 0.463. The fourth-order valence-corrected chi connectivity index (χ4v) is 2.96. The van der Waals surface area contributed by atoms with Gasteiger partial charge in [0.1, 0.15) is 24.0 Å². The van der Waals surface area contributed by atoms with Crippen molar-refractivity contribution in [3.63, 3.8) is 0 Å². The van der Waals surface area contributed by atoms with E-state index in [1.54, 1.807) is 36.4 Å². The number of allylic oxidation sites excluding steroid dienone is 1. The van der Waals surface area contributed by atoms with Gasteiger partial charge in [-0.2, -0.15) is 5.26 Å². The van der Waals surface area contributed by atoms with Gasteiger partial charge in [0.05, 0.1) is 0 Å². The van der Waals surface area contributed by atoms with E-state index in [9.17, 15) is 10.1 Å². The summed E-state index contributed by atoms with van der Waals surface area (Å²) in [6, 6.07) is 12.1. The number of nitrogens with zero attached hydrogens (tertiary/aromatic N) is 1. The topological polar surface area (TPSA) is 68.5 Å². The molecule has 5 nitrogen and oxygen atoms in total. The van der Waals surface area contributed by atoms with Gasteiger partial charge >= 0.3 is 0 Å². The summed E-state index contributed by atoms with van der Waals surface area (Å²) < 4.78 is 16.2. The van der Waals surface area contributed by atoms with E-state index in [0.717, 1.165) is 5.56 Å². The molecule has 0 radical (unpaired) electrons. The molecule has 6 heteroatoms. The molecule has 128 valence electrons. The minimum absolute atomic E-state index is 0.0178. The Hall–Kier alpha value is -3.23. The Morgan fingerprint density at radius 2 is 1.88 bits per heavy atom. The first kappa shape index (κ1) is 16.2. The van der Waals surface area contributed by atoms with Crippen LogP contribution in [0.5, 0.6) is 17.2 Å². The molecule has 2 aromatic rings. The van der Waals surface area contributed by atoms with Crippen molar-refractivity contribution < 1.29 is 19.0 Å². The van der Waals surface area contributed by atoms with E-state index in [0.29, 0.717) is 33.4 Å². The molecule has 0 saturated heterocycles. The second-order valence-electron chi connectivity index (χ2n) is 5.76. The molecule has 0 aliphatic carbocycles. The molecule has 2 aromatic carbocycles. The highest BCUT2D eigenvalue weighted by Crippen LogP contribution is 2.33. The lowest BCUT2D eigenvalue weighted by molar-refractivity contribution is 0.103. The first-order valence-electron chi connectivity index (χ1n) is 7.83. The maximum absolute atomic E-state index is 12.7. The molecule has 0 N–H and O–H groups in total. The molecule has 0 fully saturated rings. The summed E-state index contributed by atoms with van der Waals surface area (Å²) in [6.07, 6.45) is 3.39. The van der Waals surface area contributed by atoms with Crippen molar-refractivity contribution in [1.29, 1.82) is 5.26 Å². The fraction of sp³-hybridized carbons (Fsp3) is 0.100. The maximum Gasteiger partial charge on any atom is 0.231 e. The number of benzene rings is 2. The lowest BCUT2D eigenvalue weighted by Crippen LogP contribution is -2.08. The van der Waals surface area contributed by atoms with Crippen LogP contribution in [0.25, 0.3) is 6.08 Å². The van der Waals surface area contributed by atoms with Gasteiger partial charge in [-0.15, -0.1) is 0 Å². The summed E-state index contributed by atoms with van der Waals surface area (Å²) in [4.78, 5) is 12.7. The van der Waals surface area contributed by atoms with Gasteiger partial charge in [0.2, 0.25) is 12.6 Å². The Kier molecular flexibility index (Phi) is 4.11. The third-order valence-corrected chi connectivity index (χ3v) is 4.27. The lowest BCUT2D eigenvalue weighted by atomic mass is 10.00. The molecular formula is C20H12ClNO4. The molecule has 2 aliphatic rings. The number of rotatable bonds is 3. The van der Waals surface area contributed by atoms with Gasteiger partial charge in [-0.25, -0.2) is 0 Å². The van der Waals surface area contributed by atoms with E-state index >= 15 is 0 Å². The number of ketones is 1. The number of hydrogen-bond donors (Lipinski definition) is 0. The normalized spacial score (nSPS) is 14.8. The zero-order valence-corrected chi connectivity index (χ0v) is 14.2. The monoisotopic (exact) mass is 365 g/mol. The SMILES string of the molecule is N#CC(=CC1=Cc2cc(Cl)ccc2OC1)C(=O)c1ccc2c(c1)OCO2. The summed E-state index contributed by atoms with van der Waals surface area (Å²) in [5.74, 6) is 1.41. The number of hydrogen-bond acceptors (Lipinski definition) is 5. The molecular weight excluding hydrogens is 354 g/mol. The largest absolute Gasteiger partial charge is 0.488 e. The van der Waals surface area contributed by atoms with Crippen molar-refractivity contribution >= 4 is 23.5 Å². The van der Waals surface area contributed by atoms with Gasteiger partial charge in [0.25, 0.3) is 0 Å². The highest BCUT2D eigenvalue weighted by molar-refractivity contribution is 6.30. The summed E-state index contributed by atoms with van der Waals surface area (Å²) in [6.45, 7) is 0.397. The predicted molar refractivity (Wildman–Crippen MR) is 95.5 cm³/mol. The van der Waals surface area contributed by atoms with Crippen LogP contribution in [0.15, 0.2) is 53.6 Å². The van der Waals surface area contributed by atoms with Gasteiger partial charge in [0.15, 0.2) is 11.5 Å². The Bertz CT molecular complexity index is 1020. The number of carbonyl (C=O) groups excluding carboxylic acids is 1. The van der Waals surface area contributed by atoms with Crippen LogP contribution in [-0.2, 0) is 0 Å². The molecule has 2 aliphatic heterocycles. The van der Waals surface area contributed by atoms with Crippen LogP contribution in [0.4, 0.5) is 0 Å². The first-order valence-corrected chi connectivity index (χ1v) is 8.21. The number of carbonyl (C=O) groups is 1. The molecule has 26 heavy (non-hydrogen) atoms. The smallest absolute Gasteiger partial charge is 0.231 e. The molecule has 0 atom stereocenters. The molecule has 0 spiro atoms. The Labute approximate surface area is 154 Å².